The second-order valence-corrected chi connectivity index (χ2v) is 7.78. The minimum atomic E-state index is -0.739. The number of rotatable bonds is 10. The van der Waals surface area contributed by atoms with Crippen LogP contribution in [0.4, 0.5) is 0 Å². The van der Waals surface area contributed by atoms with E-state index in [4.69, 9.17) is 30.5 Å². The molecule has 0 saturated heterocycles. The summed E-state index contributed by atoms with van der Waals surface area (Å²) < 4.78 is 22.5. The van der Waals surface area contributed by atoms with E-state index >= 15 is 0 Å². The second-order valence-electron chi connectivity index (χ2n) is 6.18. The Morgan fingerprint density at radius 1 is 0.935 bits per heavy atom. The minimum Gasteiger partial charge on any atom is -0.490 e. The van der Waals surface area contributed by atoms with Gasteiger partial charge in [0.05, 0.1) is 23.4 Å². The maximum atomic E-state index is 12.3. The summed E-state index contributed by atoms with van der Waals surface area (Å²) in [5.74, 6) is -0.404. The average molecular weight is 559 g/mol. The van der Waals surface area contributed by atoms with E-state index in [2.05, 4.69) is 22.6 Å². The van der Waals surface area contributed by atoms with Gasteiger partial charge in [0.1, 0.15) is 12.2 Å². The number of hydrogen-bond acceptors (Lipinski definition) is 6. The number of carbonyl (C=O) groups is 2. The van der Waals surface area contributed by atoms with E-state index in [9.17, 15) is 9.59 Å². The molecule has 0 aliphatic heterocycles. The van der Waals surface area contributed by atoms with E-state index in [1.165, 1.54) is 6.08 Å². The predicted molar refractivity (Wildman–Crippen MR) is 127 cm³/mol. The van der Waals surface area contributed by atoms with Gasteiger partial charge in [-0.1, -0.05) is 23.7 Å². The summed E-state index contributed by atoms with van der Waals surface area (Å²) in [7, 11) is 0. The Morgan fingerprint density at radius 2 is 1.55 bits per heavy atom. The first-order valence-electron chi connectivity index (χ1n) is 9.79. The molecule has 0 bridgehead atoms. The van der Waals surface area contributed by atoms with Crippen LogP contribution in [0.15, 0.2) is 42.0 Å². The zero-order valence-electron chi connectivity index (χ0n) is 17.6. The quantitative estimate of drug-likeness (QED) is 0.127. The molecule has 0 unspecified atom stereocenters. The first-order valence-corrected chi connectivity index (χ1v) is 11.2. The molecule has 8 heteroatoms. The molecule has 2 aromatic carbocycles. The Hall–Kier alpha value is -2.26. The van der Waals surface area contributed by atoms with Crippen LogP contribution in [0.2, 0.25) is 5.02 Å². The van der Waals surface area contributed by atoms with Crippen molar-refractivity contribution in [2.75, 3.05) is 19.8 Å². The molecular weight excluding hydrogens is 535 g/mol. The molecule has 0 aromatic heterocycles. The SMILES string of the molecule is CCOC(=O)C(=Cc1cc(I)c(OCc2ccc(Cl)cc2)c(OCC)c1)C(=O)OCC. The van der Waals surface area contributed by atoms with Crippen molar-refractivity contribution in [3.63, 3.8) is 0 Å². The molecular formula is C23H24ClIO6. The van der Waals surface area contributed by atoms with Crippen LogP contribution in [0.5, 0.6) is 11.5 Å². The van der Waals surface area contributed by atoms with Crippen molar-refractivity contribution in [2.24, 2.45) is 0 Å². The molecule has 6 nitrogen and oxygen atoms in total. The number of halogens is 2. The third-order valence-corrected chi connectivity index (χ3v) is 4.98. The van der Waals surface area contributed by atoms with E-state index in [1.807, 2.05) is 19.1 Å². The zero-order chi connectivity index (χ0) is 22.8. The Kier molecular flexibility index (Phi) is 10.1. The van der Waals surface area contributed by atoms with Gasteiger partial charge in [0.2, 0.25) is 0 Å². The van der Waals surface area contributed by atoms with Gasteiger partial charge in [0, 0.05) is 5.02 Å². The fraction of sp³-hybridized carbons (Fsp3) is 0.304. The molecule has 0 aliphatic rings. The highest BCUT2D eigenvalue weighted by Gasteiger charge is 2.22. The van der Waals surface area contributed by atoms with Gasteiger partial charge in [0.25, 0.3) is 0 Å². The molecule has 0 fully saturated rings. The largest absolute Gasteiger partial charge is 0.490 e. The highest BCUT2D eigenvalue weighted by molar-refractivity contribution is 14.1. The molecule has 0 atom stereocenters. The number of carbonyl (C=O) groups excluding carboxylic acids is 2. The third kappa shape index (κ3) is 7.43. The molecule has 0 heterocycles. The highest BCUT2D eigenvalue weighted by Crippen LogP contribution is 2.35. The van der Waals surface area contributed by atoms with Gasteiger partial charge in [-0.05, 0) is 84.8 Å². The van der Waals surface area contributed by atoms with Gasteiger partial charge in [-0.25, -0.2) is 9.59 Å². The Balaban J connectivity index is 2.37. The van der Waals surface area contributed by atoms with Gasteiger partial charge >= 0.3 is 11.9 Å². The van der Waals surface area contributed by atoms with Crippen LogP contribution in [-0.2, 0) is 25.7 Å². The smallest absolute Gasteiger partial charge is 0.345 e. The monoisotopic (exact) mass is 558 g/mol. The summed E-state index contributed by atoms with van der Waals surface area (Å²) in [5.41, 5.74) is 1.36. The van der Waals surface area contributed by atoms with Crippen LogP contribution in [0, 0.1) is 3.57 Å². The first kappa shape index (κ1) is 25.0. The van der Waals surface area contributed by atoms with Crippen LogP contribution in [0.3, 0.4) is 0 Å². The van der Waals surface area contributed by atoms with Gasteiger partial charge in [0.15, 0.2) is 11.5 Å². The van der Waals surface area contributed by atoms with Gasteiger partial charge in [-0.2, -0.15) is 0 Å². The maximum absolute atomic E-state index is 12.3. The van der Waals surface area contributed by atoms with Crippen molar-refractivity contribution in [3.05, 3.63) is 61.7 Å². The van der Waals surface area contributed by atoms with E-state index in [-0.39, 0.29) is 18.8 Å². The van der Waals surface area contributed by atoms with E-state index in [0.717, 1.165) is 9.13 Å². The number of benzene rings is 2. The number of ether oxygens (including phenoxy) is 4. The Bertz CT molecular complexity index is 920. The zero-order valence-corrected chi connectivity index (χ0v) is 20.5. The van der Waals surface area contributed by atoms with Gasteiger partial charge in [-0.15, -0.1) is 0 Å². The number of hydrogen-bond donors (Lipinski definition) is 0. The summed E-state index contributed by atoms with van der Waals surface area (Å²) in [6.45, 7) is 6.25. The van der Waals surface area contributed by atoms with Crippen LogP contribution in [0.25, 0.3) is 6.08 Å². The molecule has 166 valence electrons. The molecule has 0 saturated carbocycles. The normalized spacial score (nSPS) is 10.2. The standard InChI is InChI=1S/C23H24ClIO6/c1-4-28-20-13-16(11-18(22(26)29-5-2)23(27)30-6-3)12-19(25)21(20)31-14-15-7-9-17(24)10-8-15/h7-13H,4-6,14H2,1-3H3. The summed E-state index contributed by atoms with van der Waals surface area (Å²) in [6.07, 6.45) is 1.43. The summed E-state index contributed by atoms with van der Waals surface area (Å²) in [4.78, 5) is 24.5. The number of esters is 2. The Morgan fingerprint density at radius 3 is 2.10 bits per heavy atom. The lowest BCUT2D eigenvalue weighted by atomic mass is 10.1. The molecule has 31 heavy (non-hydrogen) atoms. The molecule has 0 aliphatic carbocycles. The summed E-state index contributed by atoms with van der Waals surface area (Å²) in [6, 6.07) is 10.9. The molecule has 2 rings (SSSR count). The van der Waals surface area contributed by atoms with Crippen LogP contribution in [0.1, 0.15) is 31.9 Å². The van der Waals surface area contributed by atoms with Crippen molar-refractivity contribution < 1.29 is 28.5 Å². The van der Waals surface area contributed by atoms with Gasteiger partial charge < -0.3 is 18.9 Å². The van der Waals surface area contributed by atoms with Crippen LogP contribution < -0.4 is 9.47 Å². The molecule has 2 aromatic rings. The maximum Gasteiger partial charge on any atom is 0.345 e. The highest BCUT2D eigenvalue weighted by atomic mass is 127. The van der Waals surface area contributed by atoms with Crippen LogP contribution in [-0.4, -0.2) is 31.8 Å². The van der Waals surface area contributed by atoms with E-state index < -0.39 is 11.9 Å². The second kappa shape index (κ2) is 12.6. The molecule has 0 radical (unpaired) electrons. The van der Waals surface area contributed by atoms with Crippen LogP contribution >= 0.6 is 34.2 Å². The fourth-order valence-corrected chi connectivity index (χ4v) is 3.50. The van der Waals surface area contributed by atoms with E-state index in [0.29, 0.717) is 35.3 Å². The van der Waals surface area contributed by atoms with Crippen molar-refractivity contribution in [2.45, 2.75) is 27.4 Å². The molecule has 0 spiro atoms. The lowest BCUT2D eigenvalue weighted by molar-refractivity contribution is -0.146. The lowest BCUT2D eigenvalue weighted by Gasteiger charge is -2.15. The van der Waals surface area contributed by atoms with Gasteiger partial charge in [-0.3, -0.25) is 0 Å². The van der Waals surface area contributed by atoms with Crippen molar-refractivity contribution in [1.82, 2.24) is 0 Å². The first-order chi connectivity index (χ1) is 14.9. The fourth-order valence-electron chi connectivity index (χ4n) is 2.60. The molecule has 0 amide bonds. The topological polar surface area (TPSA) is 71.1 Å². The Labute approximate surface area is 200 Å². The molecule has 0 N–H and O–H groups in total. The predicted octanol–water partition coefficient (Wildman–Crippen LogP) is 5.43. The lowest BCUT2D eigenvalue weighted by Crippen LogP contribution is -2.18. The van der Waals surface area contributed by atoms with Crippen molar-refractivity contribution in [1.29, 1.82) is 0 Å². The minimum absolute atomic E-state index is 0.148. The van der Waals surface area contributed by atoms with E-state index in [1.54, 1.807) is 38.1 Å². The summed E-state index contributed by atoms with van der Waals surface area (Å²) in [5, 5.41) is 0.656. The van der Waals surface area contributed by atoms with Crippen molar-refractivity contribution in [3.8, 4) is 11.5 Å². The summed E-state index contributed by atoms with van der Waals surface area (Å²) >= 11 is 8.06. The van der Waals surface area contributed by atoms with Crippen molar-refractivity contribution >= 4 is 52.2 Å². The average Bonchev–Trinajstić information content (AvgIpc) is 2.73. The third-order valence-electron chi connectivity index (χ3n) is 3.93.